The Kier molecular flexibility index (Phi) is 8.13. The number of hydrogen-bond donors (Lipinski definition) is 1. The molecule has 0 aliphatic carbocycles. The lowest BCUT2D eigenvalue weighted by Crippen LogP contribution is -2.12. The van der Waals surface area contributed by atoms with Crippen LogP contribution < -0.4 is 10.1 Å². The third-order valence-corrected chi connectivity index (χ3v) is 4.80. The molecule has 3 aromatic rings. The molecule has 164 valence electrons. The van der Waals surface area contributed by atoms with E-state index in [-0.39, 0.29) is 6.42 Å². The fourth-order valence-electron chi connectivity index (χ4n) is 2.95. The lowest BCUT2D eigenvalue weighted by molar-refractivity contribution is -0.146. The molecular formula is C26H25ClN2O3. The fraction of sp³-hybridized carbons (Fsp3) is 0.231. The molecule has 0 saturated carbocycles. The van der Waals surface area contributed by atoms with Crippen LogP contribution in [0.25, 0.3) is 0 Å². The number of hydrogen-bond acceptors (Lipinski definition) is 5. The van der Waals surface area contributed by atoms with E-state index in [0.717, 1.165) is 22.7 Å². The molecular weight excluding hydrogens is 424 g/mol. The molecule has 0 heterocycles. The molecule has 0 aliphatic rings. The molecule has 32 heavy (non-hydrogen) atoms. The van der Waals surface area contributed by atoms with Gasteiger partial charge in [-0.15, -0.1) is 0 Å². The van der Waals surface area contributed by atoms with Gasteiger partial charge in [-0.2, -0.15) is 5.26 Å². The van der Waals surface area contributed by atoms with Gasteiger partial charge in [-0.05, 0) is 60.0 Å². The Hall–Kier alpha value is -3.49. The van der Waals surface area contributed by atoms with Crippen molar-refractivity contribution in [3.8, 4) is 11.8 Å². The van der Waals surface area contributed by atoms with E-state index in [9.17, 15) is 10.1 Å². The molecule has 0 bridgehead atoms. The standard InChI is InChI=1S/C26H25ClN2O3/c1-18(2)17-31-24-12-6-19(7-13-24)14-26(30)32-25(16-28)20-4-3-5-23(15-20)29-22-10-8-21(27)9-11-22/h3-13,15,18,25,29H,14,17H2,1-2H3. The summed E-state index contributed by atoms with van der Waals surface area (Å²) in [5, 5.41) is 13.5. The summed E-state index contributed by atoms with van der Waals surface area (Å²) in [7, 11) is 0. The van der Waals surface area contributed by atoms with Crippen LogP contribution in [0.15, 0.2) is 72.8 Å². The average molecular weight is 449 g/mol. The molecule has 1 atom stereocenters. The topological polar surface area (TPSA) is 71.3 Å². The van der Waals surface area contributed by atoms with Crippen molar-refractivity contribution in [1.82, 2.24) is 0 Å². The summed E-state index contributed by atoms with van der Waals surface area (Å²) in [6, 6.07) is 23.9. The van der Waals surface area contributed by atoms with Crippen molar-refractivity contribution in [1.29, 1.82) is 5.26 Å². The Balaban J connectivity index is 1.60. The van der Waals surface area contributed by atoms with Crippen LogP contribution in [0.5, 0.6) is 5.75 Å². The van der Waals surface area contributed by atoms with Gasteiger partial charge in [-0.25, -0.2) is 0 Å². The number of carbonyl (C=O) groups is 1. The molecule has 3 aromatic carbocycles. The van der Waals surface area contributed by atoms with Gasteiger partial charge >= 0.3 is 5.97 Å². The van der Waals surface area contributed by atoms with Crippen molar-refractivity contribution < 1.29 is 14.3 Å². The Morgan fingerprint density at radius 1 is 1.03 bits per heavy atom. The van der Waals surface area contributed by atoms with E-state index in [1.807, 2.05) is 48.5 Å². The van der Waals surface area contributed by atoms with Crippen molar-refractivity contribution in [2.75, 3.05) is 11.9 Å². The molecule has 5 nitrogen and oxygen atoms in total. The van der Waals surface area contributed by atoms with Gasteiger partial charge in [0.2, 0.25) is 6.10 Å². The van der Waals surface area contributed by atoms with Gasteiger partial charge in [0.1, 0.15) is 11.8 Å². The molecule has 0 fully saturated rings. The molecule has 3 rings (SSSR count). The summed E-state index contributed by atoms with van der Waals surface area (Å²) in [6.45, 7) is 4.80. The number of nitriles is 1. The van der Waals surface area contributed by atoms with Crippen LogP contribution in [-0.2, 0) is 16.0 Å². The van der Waals surface area contributed by atoms with E-state index in [2.05, 4.69) is 25.2 Å². The van der Waals surface area contributed by atoms with Gasteiger partial charge in [-0.3, -0.25) is 4.79 Å². The molecule has 1 unspecified atom stereocenters. The highest BCUT2D eigenvalue weighted by Crippen LogP contribution is 2.24. The molecule has 6 heteroatoms. The molecule has 0 saturated heterocycles. The molecule has 1 N–H and O–H groups in total. The van der Waals surface area contributed by atoms with Crippen molar-refractivity contribution in [2.45, 2.75) is 26.4 Å². The molecule has 0 amide bonds. The Morgan fingerprint density at radius 3 is 2.41 bits per heavy atom. The van der Waals surface area contributed by atoms with E-state index in [1.54, 1.807) is 24.3 Å². The molecule has 0 aromatic heterocycles. The number of ether oxygens (including phenoxy) is 2. The summed E-state index contributed by atoms with van der Waals surface area (Å²) in [5.74, 6) is 0.728. The first kappa shape index (κ1) is 23.2. The lowest BCUT2D eigenvalue weighted by Gasteiger charge is -2.14. The Labute approximate surface area is 193 Å². The zero-order valence-electron chi connectivity index (χ0n) is 18.0. The van der Waals surface area contributed by atoms with Crippen LogP contribution >= 0.6 is 11.6 Å². The maximum atomic E-state index is 12.4. The van der Waals surface area contributed by atoms with Gasteiger partial charge in [0, 0.05) is 22.0 Å². The van der Waals surface area contributed by atoms with E-state index in [1.165, 1.54) is 0 Å². The van der Waals surface area contributed by atoms with Crippen molar-refractivity contribution in [3.05, 3.63) is 88.9 Å². The van der Waals surface area contributed by atoms with Gasteiger partial charge < -0.3 is 14.8 Å². The third kappa shape index (κ3) is 7.04. The van der Waals surface area contributed by atoms with E-state index >= 15 is 0 Å². The van der Waals surface area contributed by atoms with E-state index in [0.29, 0.717) is 23.1 Å². The fourth-order valence-corrected chi connectivity index (χ4v) is 3.08. The lowest BCUT2D eigenvalue weighted by atomic mass is 10.1. The Morgan fingerprint density at radius 2 is 1.75 bits per heavy atom. The number of halogens is 1. The van der Waals surface area contributed by atoms with Crippen molar-refractivity contribution >= 4 is 28.9 Å². The first-order valence-corrected chi connectivity index (χ1v) is 10.7. The second-order valence-electron chi connectivity index (χ2n) is 7.78. The van der Waals surface area contributed by atoms with Crippen molar-refractivity contribution in [2.24, 2.45) is 5.92 Å². The Bertz CT molecular complexity index is 1070. The number of anilines is 2. The number of carbonyl (C=O) groups excluding carboxylic acids is 1. The SMILES string of the molecule is CC(C)COc1ccc(CC(=O)OC(C#N)c2cccc(Nc3ccc(Cl)cc3)c2)cc1. The maximum Gasteiger partial charge on any atom is 0.311 e. The molecule has 0 aliphatic heterocycles. The number of rotatable bonds is 9. The van der Waals surface area contributed by atoms with Gasteiger partial charge in [-0.1, -0.05) is 49.7 Å². The van der Waals surface area contributed by atoms with Crippen LogP contribution in [0.4, 0.5) is 11.4 Å². The highest BCUT2D eigenvalue weighted by Gasteiger charge is 2.17. The van der Waals surface area contributed by atoms with Crippen molar-refractivity contribution in [3.63, 3.8) is 0 Å². The zero-order chi connectivity index (χ0) is 22.9. The number of nitrogens with one attached hydrogen (secondary N) is 1. The summed E-state index contributed by atoms with van der Waals surface area (Å²) in [4.78, 5) is 12.4. The summed E-state index contributed by atoms with van der Waals surface area (Å²) in [5.41, 5.74) is 3.02. The van der Waals surface area contributed by atoms with Crippen LogP contribution in [0.2, 0.25) is 5.02 Å². The van der Waals surface area contributed by atoms with E-state index in [4.69, 9.17) is 21.1 Å². The largest absolute Gasteiger partial charge is 0.493 e. The first-order chi connectivity index (χ1) is 15.4. The second-order valence-corrected chi connectivity index (χ2v) is 8.22. The summed E-state index contributed by atoms with van der Waals surface area (Å²) >= 11 is 5.92. The normalized spacial score (nSPS) is 11.5. The van der Waals surface area contributed by atoms with Crippen LogP contribution in [0, 0.1) is 17.2 Å². The number of esters is 1. The van der Waals surface area contributed by atoms with Gasteiger partial charge in [0.25, 0.3) is 0 Å². The number of nitrogens with zero attached hydrogens (tertiary/aromatic N) is 1. The zero-order valence-corrected chi connectivity index (χ0v) is 18.8. The third-order valence-electron chi connectivity index (χ3n) is 4.54. The van der Waals surface area contributed by atoms with Crippen LogP contribution in [-0.4, -0.2) is 12.6 Å². The molecule has 0 spiro atoms. The smallest absolute Gasteiger partial charge is 0.311 e. The predicted molar refractivity (Wildman–Crippen MR) is 126 cm³/mol. The quantitative estimate of drug-likeness (QED) is 0.380. The summed E-state index contributed by atoms with van der Waals surface area (Å²) < 4.78 is 11.1. The molecule has 0 radical (unpaired) electrons. The maximum absolute atomic E-state index is 12.4. The summed E-state index contributed by atoms with van der Waals surface area (Å²) in [6.07, 6.45) is -0.922. The minimum absolute atomic E-state index is 0.0748. The van der Waals surface area contributed by atoms with Crippen LogP contribution in [0.3, 0.4) is 0 Å². The highest BCUT2D eigenvalue weighted by atomic mass is 35.5. The van der Waals surface area contributed by atoms with Gasteiger partial charge in [0.15, 0.2) is 0 Å². The van der Waals surface area contributed by atoms with Crippen LogP contribution in [0.1, 0.15) is 31.1 Å². The first-order valence-electron chi connectivity index (χ1n) is 10.4. The van der Waals surface area contributed by atoms with Gasteiger partial charge in [0.05, 0.1) is 13.0 Å². The highest BCUT2D eigenvalue weighted by molar-refractivity contribution is 6.30. The predicted octanol–water partition coefficient (Wildman–Crippen LogP) is 6.47. The monoisotopic (exact) mass is 448 g/mol. The number of benzene rings is 3. The average Bonchev–Trinajstić information content (AvgIpc) is 2.78. The minimum atomic E-state index is -0.997. The second kappa shape index (κ2) is 11.2. The minimum Gasteiger partial charge on any atom is -0.493 e. The van der Waals surface area contributed by atoms with E-state index < -0.39 is 12.1 Å².